The first-order valence-electron chi connectivity index (χ1n) is 10.7. The zero-order valence-corrected chi connectivity index (χ0v) is 19.2. The summed E-state index contributed by atoms with van der Waals surface area (Å²) in [6, 6.07) is 12.6. The molecule has 33 heavy (non-hydrogen) atoms. The van der Waals surface area contributed by atoms with Gasteiger partial charge in [0.15, 0.2) is 23.2 Å². The van der Waals surface area contributed by atoms with Crippen molar-refractivity contribution in [2.45, 2.75) is 25.8 Å². The number of rotatable bonds is 9. The lowest BCUT2D eigenvalue weighted by Crippen LogP contribution is -2.32. The molecule has 1 heterocycles. The van der Waals surface area contributed by atoms with Crippen molar-refractivity contribution in [3.63, 3.8) is 0 Å². The molecule has 0 atom stereocenters. The van der Waals surface area contributed by atoms with Crippen molar-refractivity contribution in [3.05, 3.63) is 53.7 Å². The third-order valence-electron chi connectivity index (χ3n) is 5.14. The van der Waals surface area contributed by atoms with Crippen LogP contribution in [-0.2, 0) is 9.59 Å². The number of amides is 2. The number of anilines is 1. The normalized spacial score (nSPS) is 16.5. The van der Waals surface area contributed by atoms with Gasteiger partial charge >= 0.3 is 0 Å². The largest absolute Gasteiger partial charge is 0.495 e. The molecule has 0 radical (unpaired) electrons. The standard InChI is InChI=1S/C24H25N3O5S/c1-3-31-21-13-15(12-18-23(29)27(16-9-10-16)24(33)26-18)8-11-20(21)32-14-22(28)25-17-6-4-5-7-19(17)30-2/h4-8,11-13,16H,3,9-10,14H2,1-2H3,(H,25,28)(H,26,33)/b18-12+. The fourth-order valence-corrected chi connectivity index (χ4v) is 3.80. The Bertz CT molecular complexity index is 1110. The summed E-state index contributed by atoms with van der Waals surface area (Å²) >= 11 is 5.30. The third-order valence-corrected chi connectivity index (χ3v) is 5.44. The van der Waals surface area contributed by atoms with Gasteiger partial charge < -0.3 is 24.8 Å². The second-order valence-electron chi connectivity index (χ2n) is 7.57. The molecule has 2 aromatic rings. The van der Waals surface area contributed by atoms with Gasteiger partial charge in [-0.1, -0.05) is 18.2 Å². The number of hydrogen-bond donors (Lipinski definition) is 2. The molecule has 8 nitrogen and oxygen atoms in total. The molecule has 1 aliphatic heterocycles. The highest BCUT2D eigenvalue weighted by molar-refractivity contribution is 7.80. The van der Waals surface area contributed by atoms with E-state index < -0.39 is 0 Å². The number of methoxy groups -OCH3 is 1. The van der Waals surface area contributed by atoms with Gasteiger partial charge in [0.2, 0.25) is 0 Å². The number of thiocarbonyl (C=S) groups is 1. The van der Waals surface area contributed by atoms with Crippen LogP contribution in [-0.4, -0.2) is 48.2 Å². The lowest BCUT2D eigenvalue weighted by molar-refractivity contribution is -0.122. The smallest absolute Gasteiger partial charge is 0.276 e. The van der Waals surface area contributed by atoms with Gasteiger partial charge in [-0.05, 0) is 67.9 Å². The monoisotopic (exact) mass is 467 g/mol. The van der Waals surface area contributed by atoms with E-state index in [2.05, 4.69) is 10.6 Å². The molecule has 4 rings (SSSR count). The predicted molar refractivity (Wildman–Crippen MR) is 128 cm³/mol. The van der Waals surface area contributed by atoms with Gasteiger partial charge in [0.1, 0.15) is 11.4 Å². The van der Waals surface area contributed by atoms with E-state index in [0.717, 1.165) is 18.4 Å². The van der Waals surface area contributed by atoms with Crippen molar-refractivity contribution < 1.29 is 23.8 Å². The summed E-state index contributed by atoms with van der Waals surface area (Å²) in [6.07, 6.45) is 3.69. The van der Waals surface area contributed by atoms with Crippen LogP contribution in [0.2, 0.25) is 0 Å². The average Bonchev–Trinajstić information content (AvgIpc) is 3.59. The van der Waals surface area contributed by atoms with Gasteiger partial charge in [0.05, 0.1) is 19.4 Å². The van der Waals surface area contributed by atoms with Crippen LogP contribution in [0.3, 0.4) is 0 Å². The minimum absolute atomic E-state index is 0.117. The van der Waals surface area contributed by atoms with Gasteiger partial charge in [-0.25, -0.2) is 0 Å². The van der Waals surface area contributed by atoms with E-state index in [1.165, 1.54) is 0 Å². The van der Waals surface area contributed by atoms with Crippen LogP contribution in [0.4, 0.5) is 5.69 Å². The highest BCUT2D eigenvalue weighted by Crippen LogP contribution is 2.33. The first-order chi connectivity index (χ1) is 16.0. The van der Waals surface area contributed by atoms with E-state index in [9.17, 15) is 9.59 Å². The summed E-state index contributed by atoms with van der Waals surface area (Å²) < 4.78 is 16.6. The Hall–Kier alpha value is -3.59. The van der Waals surface area contributed by atoms with E-state index in [-0.39, 0.29) is 24.5 Å². The minimum atomic E-state index is -0.331. The number of hydrogen-bond acceptors (Lipinski definition) is 6. The van der Waals surface area contributed by atoms with Crippen LogP contribution >= 0.6 is 12.2 Å². The highest BCUT2D eigenvalue weighted by atomic mass is 32.1. The maximum Gasteiger partial charge on any atom is 0.276 e. The van der Waals surface area contributed by atoms with Crippen molar-refractivity contribution in [2.75, 3.05) is 25.6 Å². The minimum Gasteiger partial charge on any atom is -0.495 e. The molecule has 1 saturated heterocycles. The quantitative estimate of drug-likeness (QED) is 0.432. The van der Waals surface area contributed by atoms with E-state index in [4.69, 9.17) is 26.4 Å². The summed E-state index contributed by atoms with van der Waals surface area (Å²) in [4.78, 5) is 26.7. The molecular formula is C24H25N3O5S. The summed E-state index contributed by atoms with van der Waals surface area (Å²) in [6.45, 7) is 2.07. The molecule has 2 N–H and O–H groups in total. The Kier molecular flexibility index (Phi) is 6.79. The number of ether oxygens (including phenoxy) is 3. The van der Waals surface area contributed by atoms with Crippen molar-refractivity contribution in [2.24, 2.45) is 0 Å². The molecule has 1 aliphatic carbocycles. The van der Waals surface area contributed by atoms with Gasteiger partial charge in [-0.2, -0.15) is 0 Å². The molecule has 9 heteroatoms. The Labute approximate surface area is 197 Å². The predicted octanol–water partition coefficient (Wildman–Crippen LogP) is 3.33. The lowest BCUT2D eigenvalue weighted by atomic mass is 10.1. The van der Waals surface area contributed by atoms with E-state index in [1.54, 1.807) is 54.5 Å². The zero-order chi connectivity index (χ0) is 23.4. The zero-order valence-electron chi connectivity index (χ0n) is 18.4. The first kappa shape index (κ1) is 22.6. The summed E-state index contributed by atoms with van der Waals surface area (Å²) in [7, 11) is 1.54. The van der Waals surface area contributed by atoms with Crippen molar-refractivity contribution >= 4 is 40.9 Å². The van der Waals surface area contributed by atoms with Crippen molar-refractivity contribution in [3.8, 4) is 17.2 Å². The Morgan fingerprint density at radius 1 is 1.18 bits per heavy atom. The molecule has 172 valence electrons. The number of carbonyl (C=O) groups excluding carboxylic acids is 2. The SMILES string of the molecule is CCOc1cc(/C=C2/NC(=S)N(C3CC3)C2=O)ccc1OCC(=O)Nc1ccccc1OC. The van der Waals surface area contributed by atoms with Crippen LogP contribution < -0.4 is 24.8 Å². The number of para-hydroxylation sites is 2. The molecular weight excluding hydrogens is 442 g/mol. The van der Waals surface area contributed by atoms with Crippen LogP contribution in [0.25, 0.3) is 6.08 Å². The molecule has 2 aromatic carbocycles. The Morgan fingerprint density at radius 3 is 2.70 bits per heavy atom. The molecule has 2 aliphatic rings. The van der Waals surface area contributed by atoms with Crippen molar-refractivity contribution in [1.82, 2.24) is 10.2 Å². The highest BCUT2D eigenvalue weighted by Gasteiger charge is 2.41. The second kappa shape index (κ2) is 9.91. The van der Waals surface area contributed by atoms with Gasteiger partial charge in [-0.3, -0.25) is 14.5 Å². The topological polar surface area (TPSA) is 89.1 Å². The number of benzene rings is 2. The van der Waals surface area contributed by atoms with E-state index >= 15 is 0 Å². The summed E-state index contributed by atoms with van der Waals surface area (Å²) in [5, 5.41) is 6.21. The van der Waals surface area contributed by atoms with E-state index in [1.807, 2.05) is 13.0 Å². The molecule has 0 bridgehead atoms. The Balaban J connectivity index is 1.44. The van der Waals surface area contributed by atoms with Gasteiger partial charge in [0, 0.05) is 6.04 Å². The molecule has 0 aromatic heterocycles. The molecule has 0 spiro atoms. The van der Waals surface area contributed by atoms with Crippen molar-refractivity contribution in [1.29, 1.82) is 0 Å². The molecule has 2 fully saturated rings. The maximum atomic E-state index is 12.7. The van der Waals surface area contributed by atoms with Crippen LogP contribution in [0.5, 0.6) is 17.2 Å². The second-order valence-corrected chi connectivity index (χ2v) is 7.96. The number of nitrogens with zero attached hydrogens (tertiary/aromatic N) is 1. The molecule has 1 saturated carbocycles. The van der Waals surface area contributed by atoms with Gasteiger partial charge in [-0.15, -0.1) is 0 Å². The molecule has 2 amide bonds. The molecule has 0 unspecified atom stereocenters. The lowest BCUT2D eigenvalue weighted by Gasteiger charge is -2.14. The summed E-state index contributed by atoms with van der Waals surface area (Å²) in [5.74, 6) is 1.02. The van der Waals surface area contributed by atoms with Crippen LogP contribution in [0.1, 0.15) is 25.3 Å². The van der Waals surface area contributed by atoms with E-state index in [0.29, 0.717) is 40.4 Å². The number of carbonyl (C=O) groups is 2. The average molecular weight is 468 g/mol. The Morgan fingerprint density at radius 2 is 1.97 bits per heavy atom. The maximum absolute atomic E-state index is 12.7. The third kappa shape index (κ3) is 5.25. The van der Waals surface area contributed by atoms with Crippen LogP contribution in [0, 0.1) is 0 Å². The number of nitrogens with one attached hydrogen (secondary N) is 2. The first-order valence-corrected chi connectivity index (χ1v) is 11.1. The fourth-order valence-electron chi connectivity index (χ4n) is 3.46. The van der Waals surface area contributed by atoms with Crippen LogP contribution in [0.15, 0.2) is 48.2 Å². The summed E-state index contributed by atoms with van der Waals surface area (Å²) in [5.41, 5.74) is 1.74. The van der Waals surface area contributed by atoms with Gasteiger partial charge in [0.25, 0.3) is 11.8 Å². The fraction of sp³-hybridized carbons (Fsp3) is 0.292.